The molecule has 3 saturated heterocycles. The van der Waals surface area contributed by atoms with Crippen molar-refractivity contribution < 1.29 is 18.7 Å². The zero-order chi connectivity index (χ0) is 32.6. The molecule has 3 aliphatic carbocycles. The van der Waals surface area contributed by atoms with E-state index in [9.17, 15) is 14.4 Å². The third-order valence-corrected chi connectivity index (χ3v) is 11.5. The number of fused-ring (bicyclic) bond motifs is 5. The minimum atomic E-state index is -0.862. The van der Waals surface area contributed by atoms with Crippen LogP contribution in [0.3, 0.4) is 0 Å². The van der Waals surface area contributed by atoms with E-state index in [2.05, 4.69) is 40.6 Å². The predicted molar refractivity (Wildman–Crippen MR) is 178 cm³/mol. The molecule has 0 N–H and O–H groups in total. The first-order valence-corrected chi connectivity index (χ1v) is 17.5. The number of halogens is 1. The highest BCUT2D eigenvalue weighted by Gasteiger charge is 2.50. The van der Waals surface area contributed by atoms with Crippen LogP contribution in [0, 0.1) is 17.2 Å². The van der Waals surface area contributed by atoms with Crippen molar-refractivity contribution in [2.75, 3.05) is 44.2 Å². The molecule has 1 amide bonds. The topological polar surface area (TPSA) is 108 Å². The SMILES string of the molecule is C=CC(=O)N1CCN(c2nc(OC[C@@]34CCCN3C[C@H](F)C4)nc3c(OC4CC4)c(-c4cccc5c4C[C@@H]4C[C@H]54)ncc23)C[C@@H]1CC#N. The maximum Gasteiger partial charge on any atom is 0.319 e. The Kier molecular flexibility index (Phi) is 7.08. The Morgan fingerprint density at radius 3 is 2.94 bits per heavy atom. The number of alkyl halides is 1. The van der Waals surface area contributed by atoms with Crippen molar-refractivity contribution in [2.45, 2.75) is 81.1 Å². The summed E-state index contributed by atoms with van der Waals surface area (Å²) < 4.78 is 27.8. The van der Waals surface area contributed by atoms with Gasteiger partial charge in [0.15, 0.2) is 5.75 Å². The Balaban J connectivity index is 1.16. The number of hydrogen-bond acceptors (Lipinski definition) is 9. The summed E-state index contributed by atoms with van der Waals surface area (Å²) in [5, 5.41) is 10.4. The summed E-state index contributed by atoms with van der Waals surface area (Å²) in [4.78, 5) is 33.9. The lowest BCUT2D eigenvalue weighted by Crippen LogP contribution is -2.55. The average molecular weight is 650 g/mol. The molecule has 5 heterocycles. The normalized spacial score (nSPS) is 28.9. The van der Waals surface area contributed by atoms with Crippen LogP contribution in [0.5, 0.6) is 11.8 Å². The van der Waals surface area contributed by atoms with Gasteiger partial charge in [-0.1, -0.05) is 24.8 Å². The quantitative estimate of drug-likeness (QED) is 0.297. The van der Waals surface area contributed by atoms with Crippen molar-refractivity contribution in [2.24, 2.45) is 5.92 Å². The van der Waals surface area contributed by atoms with Gasteiger partial charge in [0.05, 0.1) is 35.6 Å². The van der Waals surface area contributed by atoms with Crippen LogP contribution in [0.15, 0.2) is 37.1 Å². The predicted octanol–water partition coefficient (Wildman–Crippen LogP) is 4.96. The van der Waals surface area contributed by atoms with Gasteiger partial charge in [0, 0.05) is 44.4 Å². The largest absolute Gasteiger partial charge is 0.486 e. The highest BCUT2D eigenvalue weighted by Crippen LogP contribution is 2.58. The Bertz CT molecular complexity index is 1860. The van der Waals surface area contributed by atoms with Gasteiger partial charge in [0.1, 0.15) is 29.8 Å². The standard InChI is InChI=1S/C37H40FN7O3/c1-2-31(46)45-14-13-43(20-24(45)9-11-39)35-30-18-40-32(27-6-3-5-26-28-15-22(28)16-29(26)27)34(48-25-7-8-25)33(30)41-36(42-35)47-21-37-10-4-12-44(37)19-23(38)17-37/h2-3,5-6,18,22-25,28H,1,4,7-10,12-17,19-21H2/t22-,23+,24-,28-,37-/m0/s1. The number of aromatic nitrogens is 3. The van der Waals surface area contributed by atoms with Gasteiger partial charge in [-0.25, -0.2) is 4.39 Å². The van der Waals surface area contributed by atoms with E-state index in [0.29, 0.717) is 62.2 Å². The lowest BCUT2D eigenvalue weighted by molar-refractivity contribution is -0.128. The molecule has 10 nitrogen and oxygen atoms in total. The Morgan fingerprint density at radius 1 is 1.21 bits per heavy atom. The summed E-state index contributed by atoms with van der Waals surface area (Å²) in [6.45, 7) is 6.63. The molecule has 1 aromatic carbocycles. The maximum absolute atomic E-state index is 14.6. The number of pyridine rings is 1. The first kappa shape index (κ1) is 29.8. The molecule has 3 aliphatic heterocycles. The molecule has 3 aromatic rings. The van der Waals surface area contributed by atoms with Gasteiger partial charge >= 0.3 is 6.01 Å². The fourth-order valence-electron chi connectivity index (χ4n) is 8.89. The van der Waals surface area contributed by atoms with E-state index in [1.807, 2.05) is 6.20 Å². The lowest BCUT2D eigenvalue weighted by Gasteiger charge is -2.41. The van der Waals surface area contributed by atoms with Gasteiger partial charge in [-0.3, -0.25) is 14.7 Å². The van der Waals surface area contributed by atoms with Crippen molar-refractivity contribution in [1.29, 1.82) is 5.26 Å². The molecule has 5 fully saturated rings. The van der Waals surface area contributed by atoms with Crippen molar-refractivity contribution >= 4 is 22.6 Å². The smallest absolute Gasteiger partial charge is 0.319 e. The minimum Gasteiger partial charge on any atom is -0.486 e. The molecule has 0 bridgehead atoms. The van der Waals surface area contributed by atoms with E-state index in [1.165, 1.54) is 23.6 Å². The third kappa shape index (κ3) is 4.99. The zero-order valence-corrected chi connectivity index (χ0v) is 27.1. The number of hydrogen-bond donors (Lipinski definition) is 0. The van der Waals surface area contributed by atoms with Gasteiger partial charge < -0.3 is 19.3 Å². The zero-order valence-electron chi connectivity index (χ0n) is 27.1. The molecule has 9 rings (SSSR count). The van der Waals surface area contributed by atoms with Crippen LogP contribution in [0.4, 0.5) is 10.2 Å². The monoisotopic (exact) mass is 649 g/mol. The number of nitrogens with zero attached hydrogens (tertiary/aromatic N) is 7. The number of piperazine rings is 1. The molecule has 5 atom stereocenters. The Labute approximate surface area is 279 Å². The van der Waals surface area contributed by atoms with Gasteiger partial charge in [-0.05, 0) is 74.1 Å². The van der Waals surface area contributed by atoms with E-state index >= 15 is 0 Å². The Hall–Kier alpha value is -4.30. The molecule has 11 heteroatoms. The first-order chi connectivity index (χ1) is 23.4. The van der Waals surface area contributed by atoms with E-state index in [-0.39, 0.29) is 36.0 Å². The molecule has 2 saturated carbocycles. The molecule has 248 valence electrons. The van der Waals surface area contributed by atoms with E-state index in [4.69, 9.17) is 24.4 Å². The van der Waals surface area contributed by atoms with E-state index in [0.717, 1.165) is 61.2 Å². The second-order valence-corrected chi connectivity index (χ2v) is 14.6. The second kappa shape index (κ2) is 11.4. The second-order valence-electron chi connectivity index (χ2n) is 14.6. The number of benzene rings is 1. The van der Waals surface area contributed by atoms with Crippen LogP contribution in [0.2, 0.25) is 0 Å². The van der Waals surface area contributed by atoms with E-state index in [1.54, 1.807) is 4.90 Å². The van der Waals surface area contributed by atoms with Crippen molar-refractivity contribution in [3.05, 3.63) is 48.2 Å². The molecule has 0 spiro atoms. The highest BCUT2D eigenvalue weighted by atomic mass is 19.1. The molecular weight excluding hydrogens is 609 g/mol. The summed E-state index contributed by atoms with van der Waals surface area (Å²) in [6, 6.07) is 8.69. The molecule has 6 aliphatic rings. The van der Waals surface area contributed by atoms with Gasteiger partial charge in [0.2, 0.25) is 5.91 Å². The average Bonchev–Trinajstić information content (AvgIpc) is 3.97. The molecule has 2 aromatic heterocycles. The maximum atomic E-state index is 14.6. The lowest BCUT2D eigenvalue weighted by atomic mass is 9.95. The van der Waals surface area contributed by atoms with Crippen LogP contribution in [0.25, 0.3) is 22.2 Å². The number of ether oxygens (including phenoxy) is 2. The van der Waals surface area contributed by atoms with Crippen molar-refractivity contribution in [3.63, 3.8) is 0 Å². The summed E-state index contributed by atoms with van der Waals surface area (Å²) in [6.07, 6.45) is 9.22. The molecule has 48 heavy (non-hydrogen) atoms. The molecular formula is C37H40FN7O3. The third-order valence-electron chi connectivity index (χ3n) is 11.5. The molecule has 0 unspecified atom stereocenters. The number of rotatable bonds is 9. The fourth-order valence-corrected chi connectivity index (χ4v) is 8.89. The van der Waals surface area contributed by atoms with E-state index < -0.39 is 6.17 Å². The number of carbonyl (C=O) groups excluding carboxylic acids is 1. The van der Waals surface area contributed by atoms with Crippen LogP contribution >= 0.6 is 0 Å². The fraction of sp³-hybridized carbons (Fsp3) is 0.541. The highest BCUT2D eigenvalue weighted by molar-refractivity contribution is 5.97. The number of nitriles is 1. The molecule has 0 radical (unpaired) electrons. The summed E-state index contributed by atoms with van der Waals surface area (Å²) in [5.74, 6) is 2.49. The minimum absolute atomic E-state index is 0.100. The summed E-state index contributed by atoms with van der Waals surface area (Å²) in [7, 11) is 0. The van der Waals surface area contributed by atoms with Crippen molar-refractivity contribution in [3.8, 4) is 29.1 Å². The van der Waals surface area contributed by atoms with Crippen LogP contribution < -0.4 is 14.4 Å². The number of amides is 1. The summed E-state index contributed by atoms with van der Waals surface area (Å²) >= 11 is 0. The summed E-state index contributed by atoms with van der Waals surface area (Å²) in [5.41, 5.74) is 4.98. The first-order valence-electron chi connectivity index (χ1n) is 17.5. The van der Waals surface area contributed by atoms with Crippen molar-refractivity contribution in [1.82, 2.24) is 24.8 Å². The van der Waals surface area contributed by atoms with Gasteiger partial charge in [-0.15, -0.1) is 0 Å². The Morgan fingerprint density at radius 2 is 2.10 bits per heavy atom. The van der Waals surface area contributed by atoms with Gasteiger partial charge in [0.25, 0.3) is 0 Å². The van der Waals surface area contributed by atoms with Gasteiger partial charge in [-0.2, -0.15) is 15.2 Å². The number of anilines is 1. The van der Waals surface area contributed by atoms with Crippen LogP contribution in [-0.4, -0.2) is 93.8 Å². The van der Waals surface area contributed by atoms with Crippen LogP contribution in [-0.2, 0) is 11.2 Å². The van der Waals surface area contributed by atoms with Crippen LogP contribution in [0.1, 0.15) is 62.0 Å². The number of carbonyl (C=O) groups is 1.